The van der Waals surface area contributed by atoms with Crippen molar-refractivity contribution in [2.75, 3.05) is 26.2 Å². The van der Waals surface area contributed by atoms with Crippen molar-refractivity contribution in [1.29, 1.82) is 0 Å². The molecule has 2 rings (SSSR count). The van der Waals surface area contributed by atoms with Crippen molar-refractivity contribution in [2.24, 2.45) is 0 Å². The second-order valence-corrected chi connectivity index (χ2v) is 6.86. The van der Waals surface area contributed by atoms with Gasteiger partial charge in [0, 0.05) is 37.5 Å². The minimum atomic E-state index is -0.934. The Labute approximate surface area is 159 Å². The van der Waals surface area contributed by atoms with Gasteiger partial charge in [-0.1, -0.05) is 26.0 Å². The van der Waals surface area contributed by atoms with Crippen LogP contribution in [0.25, 0.3) is 0 Å². The first-order chi connectivity index (χ1) is 13.0. The molecule has 1 aliphatic heterocycles. The van der Waals surface area contributed by atoms with Crippen LogP contribution in [-0.2, 0) is 16.1 Å². The van der Waals surface area contributed by atoms with Gasteiger partial charge >= 0.3 is 0 Å². The van der Waals surface area contributed by atoms with E-state index in [0.717, 1.165) is 32.1 Å². The lowest BCUT2D eigenvalue weighted by atomic mass is 10.1. The van der Waals surface area contributed by atoms with Gasteiger partial charge in [-0.05, 0) is 38.5 Å². The lowest BCUT2D eigenvalue weighted by Gasteiger charge is -2.25. The Morgan fingerprint density at radius 2 is 2.04 bits per heavy atom. The van der Waals surface area contributed by atoms with Crippen LogP contribution >= 0.6 is 0 Å². The van der Waals surface area contributed by atoms with Gasteiger partial charge in [0.05, 0.1) is 0 Å². The van der Waals surface area contributed by atoms with Crippen molar-refractivity contribution >= 4 is 11.8 Å². The van der Waals surface area contributed by atoms with Crippen molar-refractivity contribution < 1.29 is 18.4 Å². The highest BCUT2D eigenvalue weighted by Gasteiger charge is 2.33. The molecule has 5 nitrogen and oxygen atoms in total. The van der Waals surface area contributed by atoms with E-state index in [4.69, 9.17) is 0 Å². The number of nitrogens with one attached hydrogen (secondary N) is 1. The van der Waals surface area contributed by atoms with Crippen LogP contribution in [0.5, 0.6) is 0 Å². The van der Waals surface area contributed by atoms with Gasteiger partial charge in [0.1, 0.15) is 0 Å². The summed E-state index contributed by atoms with van der Waals surface area (Å²) in [7, 11) is 0. The lowest BCUT2D eigenvalue weighted by molar-refractivity contribution is -0.130. The van der Waals surface area contributed by atoms with Crippen LogP contribution in [-0.4, -0.2) is 53.8 Å². The molecular formula is C20H29F2N3O2. The molecule has 0 radical (unpaired) electrons. The molecular weight excluding hydrogens is 352 g/mol. The van der Waals surface area contributed by atoms with Gasteiger partial charge in [-0.25, -0.2) is 8.78 Å². The third-order valence-corrected chi connectivity index (χ3v) is 5.11. The molecule has 1 saturated heterocycles. The van der Waals surface area contributed by atoms with E-state index >= 15 is 0 Å². The number of rotatable bonds is 10. The van der Waals surface area contributed by atoms with E-state index in [9.17, 15) is 18.4 Å². The quantitative estimate of drug-likeness (QED) is 0.634. The fourth-order valence-electron chi connectivity index (χ4n) is 3.43. The van der Waals surface area contributed by atoms with Crippen LogP contribution in [0.2, 0.25) is 0 Å². The van der Waals surface area contributed by atoms with Gasteiger partial charge in [0.15, 0.2) is 11.6 Å². The molecule has 0 saturated carbocycles. The molecule has 1 heterocycles. The highest BCUT2D eigenvalue weighted by Crippen LogP contribution is 2.25. The number of likely N-dealkylation sites (tertiary alicyclic amines) is 1. The van der Waals surface area contributed by atoms with E-state index in [1.165, 1.54) is 17.0 Å². The van der Waals surface area contributed by atoms with Gasteiger partial charge in [0.25, 0.3) is 0 Å². The Balaban J connectivity index is 1.84. The number of benzene rings is 1. The first-order valence-corrected chi connectivity index (χ1v) is 9.67. The average Bonchev–Trinajstić information content (AvgIpc) is 2.99. The maximum absolute atomic E-state index is 13.9. The highest BCUT2D eigenvalue weighted by molar-refractivity contribution is 5.82. The number of nitrogens with zero attached hydrogens (tertiary/aromatic N) is 2. The van der Waals surface area contributed by atoms with Crippen molar-refractivity contribution in [3.8, 4) is 0 Å². The molecule has 0 bridgehead atoms. The van der Waals surface area contributed by atoms with E-state index in [2.05, 4.69) is 24.1 Å². The van der Waals surface area contributed by atoms with Gasteiger partial charge in [0.2, 0.25) is 11.8 Å². The molecule has 150 valence electrons. The van der Waals surface area contributed by atoms with E-state index in [1.54, 1.807) is 0 Å². The lowest BCUT2D eigenvalue weighted by Crippen LogP contribution is -2.38. The largest absolute Gasteiger partial charge is 0.356 e. The fourth-order valence-corrected chi connectivity index (χ4v) is 3.43. The third-order valence-electron chi connectivity index (χ3n) is 5.11. The summed E-state index contributed by atoms with van der Waals surface area (Å²) in [6.07, 6.45) is 1.95. The molecule has 1 aliphatic rings. The number of hydrogen-bond donors (Lipinski definition) is 1. The van der Waals surface area contributed by atoms with E-state index < -0.39 is 11.6 Å². The van der Waals surface area contributed by atoms with Crippen LogP contribution in [0.1, 0.15) is 45.1 Å². The average molecular weight is 381 g/mol. The maximum Gasteiger partial charge on any atom is 0.223 e. The summed E-state index contributed by atoms with van der Waals surface area (Å²) in [4.78, 5) is 28.1. The Kier molecular flexibility index (Phi) is 8.16. The smallest absolute Gasteiger partial charge is 0.223 e. The Morgan fingerprint density at radius 3 is 2.74 bits per heavy atom. The summed E-state index contributed by atoms with van der Waals surface area (Å²) < 4.78 is 27.3. The first-order valence-electron chi connectivity index (χ1n) is 9.67. The van der Waals surface area contributed by atoms with Crippen LogP contribution < -0.4 is 5.32 Å². The van der Waals surface area contributed by atoms with Crippen LogP contribution in [0.4, 0.5) is 8.78 Å². The molecule has 0 aromatic heterocycles. The minimum absolute atomic E-state index is 0.0116. The molecule has 0 spiro atoms. The molecule has 0 aliphatic carbocycles. The van der Waals surface area contributed by atoms with Gasteiger partial charge in [-0.2, -0.15) is 0 Å². The van der Waals surface area contributed by atoms with Crippen molar-refractivity contribution in [3.05, 3.63) is 35.4 Å². The van der Waals surface area contributed by atoms with Crippen LogP contribution in [0, 0.1) is 11.6 Å². The van der Waals surface area contributed by atoms with E-state index in [0.29, 0.717) is 19.4 Å². The van der Waals surface area contributed by atoms with Gasteiger partial charge in [-0.3, -0.25) is 9.59 Å². The summed E-state index contributed by atoms with van der Waals surface area (Å²) >= 11 is 0. The molecule has 27 heavy (non-hydrogen) atoms. The Bertz CT molecular complexity index is 650. The number of hydrogen-bond acceptors (Lipinski definition) is 3. The summed E-state index contributed by atoms with van der Waals surface area (Å²) in [5.74, 6) is -2.10. The SMILES string of the molecule is CCN(CC)CCCNC(=O)CC1CCC(=O)N1Cc1cccc(F)c1F. The second kappa shape index (κ2) is 10.3. The summed E-state index contributed by atoms with van der Waals surface area (Å²) in [5, 5.41) is 2.90. The van der Waals surface area contributed by atoms with E-state index in [-0.39, 0.29) is 36.4 Å². The Hall–Kier alpha value is -2.02. The molecule has 1 fully saturated rings. The highest BCUT2D eigenvalue weighted by atomic mass is 19.2. The zero-order valence-electron chi connectivity index (χ0n) is 16.1. The van der Waals surface area contributed by atoms with Crippen molar-refractivity contribution in [2.45, 2.75) is 52.1 Å². The van der Waals surface area contributed by atoms with E-state index in [1.807, 2.05) is 0 Å². The molecule has 1 unspecified atom stereocenters. The van der Waals surface area contributed by atoms with Crippen molar-refractivity contribution in [3.63, 3.8) is 0 Å². The number of carbonyl (C=O) groups excluding carboxylic acids is 2. The topological polar surface area (TPSA) is 52.7 Å². The van der Waals surface area contributed by atoms with Crippen LogP contribution in [0.15, 0.2) is 18.2 Å². The molecule has 1 aromatic rings. The zero-order valence-corrected chi connectivity index (χ0v) is 16.1. The molecule has 1 N–H and O–H groups in total. The summed E-state index contributed by atoms with van der Waals surface area (Å²) in [6, 6.07) is 3.66. The molecule has 7 heteroatoms. The summed E-state index contributed by atoms with van der Waals surface area (Å²) in [5.41, 5.74) is 0.134. The normalized spacial score (nSPS) is 17.0. The monoisotopic (exact) mass is 381 g/mol. The molecule has 1 atom stereocenters. The molecule has 1 aromatic carbocycles. The predicted octanol–water partition coefficient (Wildman–Crippen LogP) is 2.69. The number of amides is 2. The van der Waals surface area contributed by atoms with Crippen LogP contribution in [0.3, 0.4) is 0 Å². The molecule has 2 amide bonds. The Morgan fingerprint density at radius 1 is 1.30 bits per heavy atom. The van der Waals surface area contributed by atoms with Crippen molar-refractivity contribution in [1.82, 2.24) is 15.1 Å². The number of halogens is 2. The summed E-state index contributed by atoms with van der Waals surface area (Å²) in [6.45, 7) is 7.70. The predicted molar refractivity (Wildman–Crippen MR) is 100.0 cm³/mol. The fraction of sp³-hybridized carbons (Fsp3) is 0.600. The second-order valence-electron chi connectivity index (χ2n) is 6.86. The van der Waals surface area contributed by atoms with Gasteiger partial charge in [-0.15, -0.1) is 0 Å². The zero-order chi connectivity index (χ0) is 19.8. The minimum Gasteiger partial charge on any atom is -0.356 e. The maximum atomic E-state index is 13.9. The van der Waals surface area contributed by atoms with Gasteiger partial charge < -0.3 is 15.1 Å². The number of carbonyl (C=O) groups is 2. The third kappa shape index (κ3) is 5.99. The first kappa shape index (κ1) is 21.3. The standard InChI is InChI=1S/C20H29F2N3O2/c1-3-24(4-2)12-6-11-23-18(26)13-16-9-10-19(27)25(16)14-15-7-5-8-17(21)20(15)22/h5,7-8,16H,3-4,6,9-14H2,1-2H3,(H,23,26).